The maximum absolute atomic E-state index is 12.5. The third-order valence-electron chi connectivity index (χ3n) is 13.1. The molecule has 1 saturated carbocycles. The Hall–Kier alpha value is -5.01. The van der Waals surface area contributed by atoms with E-state index in [1.807, 2.05) is 23.2 Å². The van der Waals surface area contributed by atoms with E-state index in [0.29, 0.717) is 53.3 Å². The van der Waals surface area contributed by atoms with Crippen LogP contribution >= 0.6 is 11.6 Å². The molecule has 2 aromatic carbocycles. The first-order valence-corrected chi connectivity index (χ1v) is 23.4. The average molecular weight is 950 g/mol. The molecular formula is C52H64ClN11NaO3-. The van der Waals surface area contributed by atoms with Gasteiger partial charge in [0.05, 0.1) is 39.7 Å². The molecule has 6 heterocycles. The van der Waals surface area contributed by atoms with E-state index in [4.69, 9.17) is 37.4 Å². The Bertz CT molecular complexity index is 2520. The van der Waals surface area contributed by atoms with E-state index in [1.54, 1.807) is 64.0 Å². The van der Waals surface area contributed by atoms with Gasteiger partial charge in [0.2, 0.25) is 11.9 Å². The van der Waals surface area contributed by atoms with Crippen LogP contribution in [0.1, 0.15) is 97.2 Å². The number of likely N-dealkylation sites (tertiary alicyclic amines) is 1. The number of nitrogens with two attached hydrogens (primary N) is 1. The molecule has 0 bridgehead atoms. The number of amides is 1. The molecule has 0 radical (unpaired) electrons. The second kappa shape index (κ2) is 26.7. The number of aromatic nitrogens is 5. The number of ether oxygens (including phenoxy) is 1. The largest absolute Gasteiger partial charge is 1.00 e. The Balaban J connectivity index is 0.000000382. The summed E-state index contributed by atoms with van der Waals surface area (Å²) in [4.78, 5) is 47.9. The minimum Gasteiger partial charge on any atom is -0.404 e. The van der Waals surface area contributed by atoms with Crippen LogP contribution in [-0.4, -0.2) is 112 Å². The normalized spacial score (nSPS) is 17.1. The van der Waals surface area contributed by atoms with Crippen LogP contribution in [0.3, 0.4) is 0 Å². The zero-order valence-corrected chi connectivity index (χ0v) is 43.1. The Morgan fingerprint density at radius 1 is 0.985 bits per heavy atom. The van der Waals surface area contributed by atoms with Crippen molar-refractivity contribution < 1.29 is 43.9 Å². The van der Waals surface area contributed by atoms with Gasteiger partial charge in [0.15, 0.2) is 6.29 Å². The monoisotopic (exact) mass is 948 g/mol. The van der Waals surface area contributed by atoms with Crippen molar-refractivity contribution in [2.45, 2.75) is 83.4 Å². The molecule has 2 saturated heterocycles. The molecule has 1 amide bonds. The molecule has 16 heteroatoms. The SMILES string of the molecule is CN=C/C(=C\N)c1cc2cccc(-c3nn(C4CCN(CC5CCN(c6ncc(C=O)cn6)CC5)CC4)c4c3CN(C(C)=O)CC4)c2cn1.COC1CC[CH-]CC1.N#Cc1ccccc1Cl.[CH3-].[Na+]. The molecule has 3 aromatic heterocycles. The predicted octanol–water partition coefficient (Wildman–Crippen LogP) is 5.60. The fraction of sp³-hybridized carbons (Fsp3) is 0.423. The van der Waals surface area contributed by atoms with Crippen LogP contribution in [0.5, 0.6) is 0 Å². The number of benzene rings is 2. The number of aldehydes is 1. The molecule has 9 rings (SSSR count). The Labute approximate surface area is 429 Å². The topological polar surface area (TPSA) is 172 Å². The standard InChI is InChI=1S/C37H44N10O2.C7H4ClN.C7H13O.CH3.Na/c1-25(49)46-15-10-35-33(23-46)36(31-5-3-4-28-16-34(40-21-32(28)31)29(17-38)20-39-2)43-47(35)30-8-11-44(12-9-30)22-26-6-13-45(14-7-26)37-41-18-27(24-48)19-42-37;8-7-4-2-1-3-6(7)5-9;1-8-7-5-3-2-4-6-7;;/h3-5,16-21,24,26,30H,6-15,22-23,38H2,1-2H3;1-4H;2,7H,3-6H2,1H3;1H3;/q;;2*-1;+1/b29-17+,39-20?;;;;. The number of carbonyl (C=O) groups is 2. The van der Waals surface area contributed by atoms with Gasteiger partial charge in [0.1, 0.15) is 6.07 Å². The van der Waals surface area contributed by atoms with Gasteiger partial charge >= 0.3 is 29.6 Å². The van der Waals surface area contributed by atoms with Gasteiger partial charge in [-0.1, -0.05) is 54.8 Å². The second-order valence-corrected chi connectivity index (χ2v) is 17.7. The summed E-state index contributed by atoms with van der Waals surface area (Å²) in [7, 11) is 3.52. The molecule has 0 unspecified atom stereocenters. The smallest absolute Gasteiger partial charge is 0.404 e. The van der Waals surface area contributed by atoms with E-state index < -0.39 is 0 Å². The maximum Gasteiger partial charge on any atom is 1.00 e. The van der Waals surface area contributed by atoms with Crippen molar-refractivity contribution in [3.8, 4) is 17.3 Å². The summed E-state index contributed by atoms with van der Waals surface area (Å²) in [6.07, 6.45) is 22.1. The van der Waals surface area contributed by atoms with Crippen LogP contribution in [0.2, 0.25) is 5.02 Å². The van der Waals surface area contributed by atoms with E-state index in [0.717, 1.165) is 110 Å². The zero-order chi connectivity index (χ0) is 46.4. The summed E-state index contributed by atoms with van der Waals surface area (Å²) in [5, 5.41) is 16.3. The number of nitrogens with zero attached hydrogens (tertiary/aromatic N) is 10. The van der Waals surface area contributed by atoms with Crippen LogP contribution in [0.15, 0.2) is 78.3 Å². The van der Waals surface area contributed by atoms with Crippen LogP contribution < -0.4 is 40.2 Å². The molecular weight excluding hydrogens is 885 g/mol. The van der Waals surface area contributed by atoms with Crippen molar-refractivity contribution >= 4 is 52.3 Å². The zero-order valence-electron chi connectivity index (χ0n) is 40.4. The molecule has 3 aliphatic heterocycles. The average Bonchev–Trinajstić information content (AvgIpc) is 3.75. The number of pyridine rings is 1. The second-order valence-electron chi connectivity index (χ2n) is 17.3. The number of piperidine rings is 2. The van der Waals surface area contributed by atoms with Gasteiger partial charge in [0.25, 0.3) is 0 Å². The first-order valence-electron chi connectivity index (χ1n) is 23.1. The Kier molecular flexibility index (Phi) is 21.2. The number of hydrogen-bond acceptors (Lipinski definition) is 12. The number of fused-ring (bicyclic) bond motifs is 2. The third kappa shape index (κ3) is 13.6. The minimum absolute atomic E-state index is 0. The number of hydrogen-bond donors (Lipinski definition) is 1. The summed E-state index contributed by atoms with van der Waals surface area (Å²) in [6.45, 7) is 8.00. The van der Waals surface area contributed by atoms with E-state index >= 15 is 0 Å². The molecule has 14 nitrogen and oxygen atoms in total. The molecule has 5 aromatic rings. The molecule has 1 aliphatic carbocycles. The number of nitriles is 1. The number of aliphatic imine (C=N–C) groups is 1. The van der Waals surface area contributed by atoms with Gasteiger partial charge in [-0.3, -0.25) is 24.2 Å². The third-order valence-corrected chi connectivity index (χ3v) is 13.4. The van der Waals surface area contributed by atoms with Crippen LogP contribution in [-0.2, 0) is 22.5 Å². The van der Waals surface area contributed by atoms with Crippen LogP contribution in [0.4, 0.5) is 5.95 Å². The van der Waals surface area contributed by atoms with Crippen molar-refractivity contribution in [2.75, 3.05) is 58.3 Å². The fourth-order valence-corrected chi connectivity index (χ4v) is 9.55. The van der Waals surface area contributed by atoms with Crippen molar-refractivity contribution in [1.29, 1.82) is 5.26 Å². The summed E-state index contributed by atoms with van der Waals surface area (Å²) in [5.41, 5.74) is 12.8. The van der Waals surface area contributed by atoms with Gasteiger partial charge in [-0.05, 0) is 55.2 Å². The summed E-state index contributed by atoms with van der Waals surface area (Å²) in [5.74, 6) is 1.45. The van der Waals surface area contributed by atoms with Gasteiger partial charge in [-0.15, -0.1) is 0 Å². The van der Waals surface area contributed by atoms with Gasteiger partial charge < -0.3 is 39.0 Å². The molecule has 3 fully saturated rings. The summed E-state index contributed by atoms with van der Waals surface area (Å²) >= 11 is 5.60. The summed E-state index contributed by atoms with van der Waals surface area (Å²) in [6, 6.07) is 17.6. The van der Waals surface area contributed by atoms with E-state index in [1.165, 1.54) is 37.6 Å². The molecule has 4 aliphatic rings. The molecule has 354 valence electrons. The fourth-order valence-electron chi connectivity index (χ4n) is 9.37. The number of allylic oxidation sites excluding steroid dienone is 1. The van der Waals surface area contributed by atoms with Crippen LogP contribution in [0.25, 0.3) is 27.6 Å². The number of rotatable bonds is 9. The molecule has 68 heavy (non-hydrogen) atoms. The van der Waals surface area contributed by atoms with Crippen molar-refractivity contribution in [2.24, 2.45) is 16.6 Å². The van der Waals surface area contributed by atoms with Crippen molar-refractivity contribution in [3.63, 3.8) is 0 Å². The first-order chi connectivity index (χ1) is 32.2. The Morgan fingerprint density at radius 2 is 1.71 bits per heavy atom. The van der Waals surface area contributed by atoms with Gasteiger partial charge in [-0.2, -0.15) is 23.2 Å². The predicted molar refractivity (Wildman–Crippen MR) is 268 cm³/mol. The van der Waals surface area contributed by atoms with Crippen LogP contribution in [0, 0.1) is 31.1 Å². The molecule has 0 spiro atoms. The van der Waals surface area contributed by atoms with Crippen molar-refractivity contribution in [1.82, 2.24) is 34.5 Å². The van der Waals surface area contributed by atoms with Crippen molar-refractivity contribution in [3.05, 3.63) is 120 Å². The summed E-state index contributed by atoms with van der Waals surface area (Å²) < 4.78 is 7.48. The minimum atomic E-state index is 0. The van der Waals surface area contributed by atoms with Gasteiger partial charge in [0, 0.05) is 132 Å². The first kappa shape index (κ1) is 53.9. The number of methoxy groups -OCH3 is 1. The van der Waals surface area contributed by atoms with E-state index in [9.17, 15) is 9.59 Å². The number of anilines is 1. The number of halogens is 1. The van der Waals surface area contributed by atoms with E-state index in [-0.39, 0.29) is 42.9 Å². The maximum atomic E-state index is 12.5. The number of carbonyl (C=O) groups excluding carboxylic acids is 2. The molecule has 0 atom stereocenters. The van der Waals surface area contributed by atoms with E-state index in [2.05, 4.69) is 54.1 Å². The Morgan fingerprint density at radius 3 is 2.31 bits per heavy atom. The van der Waals surface area contributed by atoms with Gasteiger partial charge in [-0.25, -0.2) is 9.97 Å². The molecule has 2 N–H and O–H groups in total. The quantitative estimate of drug-likeness (QED) is 0.0844.